The minimum absolute atomic E-state index is 0.103. The molecule has 4 atom stereocenters. The van der Waals surface area contributed by atoms with Gasteiger partial charge in [0.25, 0.3) is 0 Å². The average Bonchev–Trinajstić information content (AvgIpc) is 1.96. The molecule has 0 aromatic heterocycles. The van der Waals surface area contributed by atoms with Gasteiger partial charge >= 0.3 is 6.16 Å². The maximum Gasteiger partial charge on any atom is 0.413 e. The molecule has 2 aliphatic rings. The lowest BCUT2D eigenvalue weighted by molar-refractivity contribution is -0.560. The van der Waals surface area contributed by atoms with E-state index in [-0.39, 0.29) is 24.4 Å². The highest BCUT2D eigenvalue weighted by Crippen LogP contribution is 2.35. The zero-order chi connectivity index (χ0) is 11.1. The van der Waals surface area contributed by atoms with Gasteiger partial charge in [0, 0.05) is 0 Å². The fourth-order valence-electron chi connectivity index (χ4n) is 2.28. The van der Waals surface area contributed by atoms with E-state index >= 15 is 0 Å². The van der Waals surface area contributed by atoms with Gasteiger partial charge in [-0.25, -0.2) is 0 Å². The van der Waals surface area contributed by atoms with Crippen LogP contribution in [0.4, 0.5) is 0 Å². The summed E-state index contributed by atoms with van der Waals surface area (Å²) in [5, 5.41) is 0. The highest BCUT2D eigenvalue weighted by Gasteiger charge is 2.48. The summed E-state index contributed by atoms with van der Waals surface area (Å²) < 4.78 is 22.6. The van der Waals surface area contributed by atoms with Crippen molar-refractivity contribution in [3.63, 3.8) is 0 Å². The van der Waals surface area contributed by atoms with Crippen molar-refractivity contribution in [3.8, 4) is 0 Å². The van der Waals surface area contributed by atoms with Crippen molar-refractivity contribution in [2.45, 2.75) is 71.1 Å². The first-order valence-corrected chi connectivity index (χ1v) is 5.70. The molecule has 4 nitrogen and oxygen atoms in total. The largest absolute Gasteiger partial charge is 0.413 e. The van der Waals surface area contributed by atoms with Crippen LogP contribution in [0.5, 0.6) is 0 Å². The van der Waals surface area contributed by atoms with Crippen LogP contribution in [0.3, 0.4) is 0 Å². The van der Waals surface area contributed by atoms with Gasteiger partial charge < -0.3 is 18.9 Å². The van der Waals surface area contributed by atoms with Gasteiger partial charge in [0.1, 0.15) is 0 Å². The summed E-state index contributed by atoms with van der Waals surface area (Å²) >= 11 is 0. The molecule has 4 unspecified atom stereocenters. The van der Waals surface area contributed by atoms with Gasteiger partial charge in [0.05, 0.1) is 24.4 Å². The van der Waals surface area contributed by atoms with E-state index in [1.165, 1.54) is 0 Å². The van der Waals surface area contributed by atoms with Crippen molar-refractivity contribution in [1.29, 1.82) is 0 Å². The lowest BCUT2D eigenvalue weighted by atomic mass is 10.1. The predicted molar refractivity (Wildman–Crippen MR) is 54.2 cm³/mol. The number of ether oxygens (including phenoxy) is 4. The molecule has 0 radical (unpaired) electrons. The number of hydrogen-bond donors (Lipinski definition) is 0. The lowest BCUT2D eigenvalue weighted by Crippen LogP contribution is -2.56. The van der Waals surface area contributed by atoms with Crippen LogP contribution < -0.4 is 0 Å². The molecule has 2 aliphatic heterocycles. The first-order chi connectivity index (χ1) is 6.99. The molecule has 0 N–H and O–H groups in total. The van der Waals surface area contributed by atoms with Crippen molar-refractivity contribution >= 4 is 0 Å². The van der Waals surface area contributed by atoms with E-state index in [0.29, 0.717) is 0 Å². The molecule has 88 valence electrons. The first kappa shape index (κ1) is 11.3. The molecule has 0 aromatic rings. The maximum atomic E-state index is 5.66. The lowest BCUT2D eigenvalue weighted by Gasteiger charge is -2.46. The third kappa shape index (κ3) is 2.50. The molecule has 2 heterocycles. The molecule has 0 aromatic carbocycles. The van der Waals surface area contributed by atoms with Crippen LogP contribution in [0.25, 0.3) is 0 Å². The molecule has 4 heteroatoms. The Labute approximate surface area is 90.8 Å². The SMILES string of the molecule is CC1CC(C)OC2(O1)OC(C)CC(C)O2. The van der Waals surface area contributed by atoms with Gasteiger partial charge in [-0.2, -0.15) is 0 Å². The van der Waals surface area contributed by atoms with E-state index in [2.05, 4.69) is 0 Å². The van der Waals surface area contributed by atoms with E-state index in [9.17, 15) is 0 Å². The Balaban J connectivity index is 2.10. The quantitative estimate of drug-likeness (QED) is 0.621. The third-order valence-electron chi connectivity index (χ3n) is 2.71. The highest BCUT2D eigenvalue weighted by molar-refractivity contribution is 4.72. The normalized spacial score (nSPS) is 52.0. The minimum Gasteiger partial charge on any atom is -0.300 e. The number of hydrogen-bond acceptors (Lipinski definition) is 4. The van der Waals surface area contributed by atoms with Crippen LogP contribution in [-0.4, -0.2) is 30.6 Å². The van der Waals surface area contributed by atoms with Crippen LogP contribution in [-0.2, 0) is 18.9 Å². The first-order valence-electron chi connectivity index (χ1n) is 5.70. The van der Waals surface area contributed by atoms with E-state index < -0.39 is 6.16 Å². The Hall–Kier alpha value is -0.160. The Morgan fingerprint density at radius 2 is 0.933 bits per heavy atom. The van der Waals surface area contributed by atoms with Gasteiger partial charge in [-0.3, -0.25) is 0 Å². The summed E-state index contributed by atoms with van der Waals surface area (Å²) in [6.45, 7) is 8.05. The summed E-state index contributed by atoms with van der Waals surface area (Å²) in [6.07, 6.45) is 0.901. The van der Waals surface area contributed by atoms with E-state index in [1.807, 2.05) is 27.7 Å². The maximum absolute atomic E-state index is 5.66. The topological polar surface area (TPSA) is 36.9 Å². The predicted octanol–water partition coefficient (Wildman–Crippen LogP) is 2.03. The average molecular weight is 216 g/mol. The molecule has 15 heavy (non-hydrogen) atoms. The van der Waals surface area contributed by atoms with Crippen LogP contribution in [0.15, 0.2) is 0 Å². The van der Waals surface area contributed by atoms with Crippen LogP contribution in [0.1, 0.15) is 40.5 Å². The summed E-state index contributed by atoms with van der Waals surface area (Å²) in [4.78, 5) is 0. The summed E-state index contributed by atoms with van der Waals surface area (Å²) in [5.41, 5.74) is 0. The summed E-state index contributed by atoms with van der Waals surface area (Å²) in [6, 6.07) is 0. The molecule has 1 spiro atoms. The van der Waals surface area contributed by atoms with E-state index in [0.717, 1.165) is 12.8 Å². The second kappa shape index (κ2) is 4.01. The van der Waals surface area contributed by atoms with Gasteiger partial charge in [-0.05, 0) is 40.5 Å². The van der Waals surface area contributed by atoms with Gasteiger partial charge in [0.15, 0.2) is 0 Å². The summed E-state index contributed by atoms with van der Waals surface area (Å²) in [7, 11) is 0. The van der Waals surface area contributed by atoms with Gasteiger partial charge in [0.2, 0.25) is 0 Å². The molecule has 0 saturated carbocycles. The molecule has 0 amide bonds. The molecule has 2 saturated heterocycles. The molecular formula is C11H20O4. The minimum atomic E-state index is -1.26. The fraction of sp³-hybridized carbons (Fsp3) is 1.00. The van der Waals surface area contributed by atoms with Crippen molar-refractivity contribution in [1.82, 2.24) is 0 Å². The van der Waals surface area contributed by atoms with E-state index in [4.69, 9.17) is 18.9 Å². The van der Waals surface area contributed by atoms with Crippen LogP contribution in [0, 0.1) is 0 Å². The van der Waals surface area contributed by atoms with Gasteiger partial charge in [-0.15, -0.1) is 0 Å². The molecule has 0 aliphatic carbocycles. The third-order valence-corrected chi connectivity index (χ3v) is 2.71. The number of rotatable bonds is 0. The molecule has 0 bridgehead atoms. The second-order valence-electron chi connectivity index (χ2n) is 4.69. The molecule has 2 rings (SSSR count). The monoisotopic (exact) mass is 216 g/mol. The Morgan fingerprint density at radius 3 is 1.20 bits per heavy atom. The van der Waals surface area contributed by atoms with Crippen LogP contribution in [0.2, 0.25) is 0 Å². The zero-order valence-corrected chi connectivity index (χ0v) is 9.86. The highest BCUT2D eigenvalue weighted by atomic mass is 17.0. The van der Waals surface area contributed by atoms with Crippen LogP contribution >= 0.6 is 0 Å². The Bertz CT molecular complexity index is 183. The molecular weight excluding hydrogens is 196 g/mol. The Kier molecular flexibility index (Phi) is 3.03. The fourth-order valence-corrected chi connectivity index (χ4v) is 2.28. The Morgan fingerprint density at radius 1 is 0.667 bits per heavy atom. The smallest absolute Gasteiger partial charge is 0.300 e. The molecule has 2 fully saturated rings. The van der Waals surface area contributed by atoms with Crippen molar-refractivity contribution in [2.75, 3.05) is 0 Å². The second-order valence-corrected chi connectivity index (χ2v) is 4.69. The summed E-state index contributed by atoms with van der Waals surface area (Å²) in [5.74, 6) is 0. The van der Waals surface area contributed by atoms with Gasteiger partial charge in [-0.1, -0.05) is 0 Å². The standard InChI is InChI=1S/C11H20O4/c1-7-5-8(2)13-11(12-7)14-9(3)6-10(4)15-11/h7-10H,5-6H2,1-4H3. The zero-order valence-electron chi connectivity index (χ0n) is 9.86. The van der Waals surface area contributed by atoms with Crippen molar-refractivity contribution in [3.05, 3.63) is 0 Å². The van der Waals surface area contributed by atoms with E-state index in [1.54, 1.807) is 0 Å². The van der Waals surface area contributed by atoms with Crippen molar-refractivity contribution in [2.24, 2.45) is 0 Å². The van der Waals surface area contributed by atoms with Crippen molar-refractivity contribution < 1.29 is 18.9 Å².